The van der Waals surface area contributed by atoms with Crippen molar-refractivity contribution in [3.05, 3.63) is 36.2 Å². The molecular weight excluding hydrogens is 270 g/mol. The maximum Gasteiger partial charge on any atom is 0.275 e. The van der Waals surface area contributed by atoms with Crippen LogP contribution in [0.2, 0.25) is 0 Å². The van der Waals surface area contributed by atoms with Crippen molar-refractivity contribution >= 4 is 17.3 Å². The predicted molar refractivity (Wildman–Crippen MR) is 81.4 cm³/mol. The van der Waals surface area contributed by atoms with Crippen LogP contribution in [0.4, 0.5) is 11.4 Å². The molecule has 1 heterocycles. The predicted octanol–water partition coefficient (Wildman–Crippen LogP) is 1.18. The van der Waals surface area contributed by atoms with E-state index in [2.05, 4.69) is 15.5 Å². The van der Waals surface area contributed by atoms with Gasteiger partial charge in [0.1, 0.15) is 18.1 Å². The molecule has 112 valence electrons. The number of ether oxygens (including phenoxy) is 1. The Labute approximate surface area is 123 Å². The highest BCUT2D eigenvalue weighted by Crippen LogP contribution is 2.17. The number of H-pyrrole nitrogens is 1. The van der Waals surface area contributed by atoms with Gasteiger partial charge in [0.05, 0.1) is 11.9 Å². The second-order valence-corrected chi connectivity index (χ2v) is 4.83. The average molecular weight is 289 g/mol. The van der Waals surface area contributed by atoms with Crippen LogP contribution in [0.25, 0.3) is 0 Å². The van der Waals surface area contributed by atoms with Gasteiger partial charge in [-0.3, -0.25) is 9.89 Å². The first kappa shape index (κ1) is 14.9. The van der Waals surface area contributed by atoms with E-state index in [0.717, 1.165) is 12.3 Å². The Balaban J connectivity index is 1.90. The van der Waals surface area contributed by atoms with Gasteiger partial charge in [-0.2, -0.15) is 5.10 Å². The Kier molecular flexibility index (Phi) is 4.78. The number of anilines is 2. The molecule has 0 spiro atoms. The van der Waals surface area contributed by atoms with Gasteiger partial charge in [0.2, 0.25) is 0 Å². The number of nitrogens with zero attached hydrogens (tertiary/aromatic N) is 2. The molecule has 21 heavy (non-hydrogen) atoms. The summed E-state index contributed by atoms with van der Waals surface area (Å²) in [6.07, 6.45) is 1.40. The first-order valence-electron chi connectivity index (χ1n) is 6.54. The summed E-state index contributed by atoms with van der Waals surface area (Å²) in [6.45, 7) is 1.46. The second-order valence-electron chi connectivity index (χ2n) is 4.83. The number of carbonyl (C=O) groups is 1. The minimum atomic E-state index is -0.328. The highest BCUT2D eigenvalue weighted by Gasteiger charge is 2.11. The van der Waals surface area contributed by atoms with E-state index in [-0.39, 0.29) is 11.6 Å². The number of rotatable bonds is 6. The zero-order valence-electron chi connectivity index (χ0n) is 12.1. The van der Waals surface area contributed by atoms with E-state index in [1.54, 1.807) is 12.1 Å². The van der Waals surface area contributed by atoms with E-state index in [1.807, 2.05) is 31.1 Å². The van der Waals surface area contributed by atoms with Crippen LogP contribution >= 0.6 is 0 Å². The summed E-state index contributed by atoms with van der Waals surface area (Å²) in [7, 11) is 3.98. The van der Waals surface area contributed by atoms with Crippen molar-refractivity contribution in [1.82, 2.24) is 15.1 Å². The van der Waals surface area contributed by atoms with Crippen LogP contribution in [-0.2, 0) is 0 Å². The Morgan fingerprint density at radius 3 is 2.67 bits per heavy atom. The van der Waals surface area contributed by atoms with Gasteiger partial charge in [-0.1, -0.05) is 0 Å². The number of nitrogens with one attached hydrogen (secondary N) is 2. The van der Waals surface area contributed by atoms with Crippen LogP contribution in [0.3, 0.4) is 0 Å². The molecule has 0 fully saturated rings. The standard InChI is InChI=1S/C14H19N5O2/c1-19(2)7-8-21-11-5-3-10(4-6-11)17-14(20)13-12(15)9-16-18-13/h3-6,9H,7-8,15H2,1-2H3,(H,16,18)(H,17,20). The smallest absolute Gasteiger partial charge is 0.275 e. The largest absolute Gasteiger partial charge is 0.492 e. The zero-order valence-corrected chi connectivity index (χ0v) is 12.1. The molecule has 0 radical (unpaired) electrons. The summed E-state index contributed by atoms with van der Waals surface area (Å²) in [6, 6.07) is 7.16. The van der Waals surface area contributed by atoms with Crippen molar-refractivity contribution in [1.29, 1.82) is 0 Å². The second kappa shape index (κ2) is 6.76. The normalized spacial score (nSPS) is 10.6. The van der Waals surface area contributed by atoms with Gasteiger partial charge in [0.15, 0.2) is 0 Å². The first-order chi connectivity index (χ1) is 10.1. The molecule has 0 saturated heterocycles. The fourth-order valence-electron chi connectivity index (χ4n) is 1.65. The first-order valence-corrected chi connectivity index (χ1v) is 6.54. The third-order valence-corrected chi connectivity index (χ3v) is 2.82. The molecule has 7 heteroatoms. The lowest BCUT2D eigenvalue weighted by atomic mass is 10.3. The number of hydrogen-bond donors (Lipinski definition) is 3. The fourth-order valence-corrected chi connectivity index (χ4v) is 1.65. The summed E-state index contributed by atoms with van der Waals surface area (Å²) >= 11 is 0. The Morgan fingerprint density at radius 1 is 1.38 bits per heavy atom. The molecule has 7 nitrogen and oxygen atoms in total. The number of likely N-dealkylation sites (N-methyl/N-ethyl adjacent to an activating group) is 1. The maximum absolute atomic E-state index is 11.9. The molecule has 2 aromatic rings. The van der Waals surface area contributed by atoms with Gasteiger partial charge in [-0.05, 0) is 38.4 Å². The summed E-state index contributed by atoms with van der Waals surface area (Å²) in [5, 5.41) is 9.00. The average Bonchev–Trinajstić information content (AvgIpc) is 2.87. The summed E-state index contributed by atoms with van der Waals surface area (Å²) in [5.41, 5.74) is 6.85. The monoisotopic (exact) mass is 289 g/mol. The molecule has 0 aliphatic rings. The molecule has 4 N–H and O–H groups in total. The number of hydrogen-bond acceptors (Lipinski definition) is 5. The molecule has 0 aliphatic heterocycles. The quantitative estimate of drug-likeness (QED) is 0.742. The van der Waals surface area contributed by atoms with E-state index in [4.69, 9.17) is 10.5 Å². The van der Waals surface area contributed by atoms with Crippen molar-refractivity contribution in [2.75, 3.05) is 38.3 Å². The Bertz CT molecular complexity index is 592. The number of aromatic nitrogens is 2. The lowest BCUT2D eigenvalue weighted by molar-refractivity contribution is 0.102. The molecular formula is C14H19N5O2. The third kappa shape index (κ3) is 4.22. The van der Waals surface area contributed by atoms with Crippen LogP contribution in [0.1, 0.15) is 10.5 Å². The number of benzene rings is 1. The number of aromatic amines is 1. The van der Waals surface area contributed by atoms with E-state index in [9.17, 15) is 4.79 Å². The van der Waals surface area contributed by atoms with Crippen molar-refractivity contribution in [2.24, 2.45) is 0 Å². The molecule has 0 bridgehead atoms. The summed E-state index contributed by atoms with van der Waals surface area (Å²) in [4.78, 5) is 14.0. The number of carbonyl (C=O) groups excluding carboxylic acids is 1. The fraction of sp³-hybridized carbons (Fsp3) is 0.286. The van der Waals surface area contributed by atoms with Crippen LogP contribution in [0.15, 0.2) is 30.5 Å². The maximum atomic E-state index is 11.9. The topological polar surface area (TPSA) is 96.3 Å². The molecule has 0 unspecified atom stereocenters. The van der Waals surface area contributed by atoms with Crippen LogP contribution < -0.4 is 15.8 Å². The van der Waals surface area contributed by atoms with E-state index in [1.165, 1.54) is 6.20 Å². The lowest BCUT2D eigenvalue weighted by Gasteiger charge is -2.11. The van der Waals surface area contributed by atoms with Gasteiger partial charge in [0.25, 0.3) is 5.91 Å². The molecule has 2 rings (SSSR count). The van der Waals surface area contributed by atoms with Gasteiger partial charge in [0, 0.05) is 12.2 Å². The molecule has 0 atom stereocenters. The summed E-state index contributed by atoms with van der Waals surface area (Å²) in [5.74, 6) is 0.433. The number of nitrogens with two attached hydrogens (primary N) is 1. The van der Waals surface area contributed by atoms with Crippen LogP contribution in [-0.4, -0.2) is 48.3 Å². The minimum absolute atomic E-state index is 0.251. The molecule has 1 aromatic carbocycles. The van der Waals surface area contributed by atoms with Crippen LogP contribution in [0.5, 0.6) is 5.75 Å². The summed E-state index contributed by atoms with van der Waals surface area (Å²) < 4.78 is 5.58. The SMILES string of the molecule is CN(C)CCOc1ccc(NC(=O)c2[nH]ncc2N)cc1. The lowest BCUT2D eigenvalue weighted by Crippen LogP contribution is -2.19. The van der Waals surface area contributed by atoms with Crippen molar-refractivity contribution in [3.63, 3.8) is 0 Å². The number of nitrogen functional groups attached to an aromatic ring is 1. The Morgan fingerprint density at radius 2 is 2.10 bits per heavy atom. The van der Waals surface area contributed by atoms with Gasteiger partial charge in [-0.25, -0.2) is 0 Å². The van der Waals surface area contributed by atoms with Crippen molar-refractivity contribution in [3.8, 4) is 5.75 Å². The van der Waals surface area contributed by atoms with Gasteiger partial charge >= 0.3 is 0 Å². The minimum Gasteiger partial charge on any atom is -0.492 e. The highest BCUT2D eigenvalue weighted by atomic mass is 16.5. The molecule has 1 amide bonds. The van der Waals surface area contributed by atoms with Crippen molar-refractivity contribution in [2.45, 2.75) is 0 Å². The number of amides is 1. The molecule has 0 aliphatic carbocycles. The van der Waals surface area contributed by atoms with Crippen molar-refractivity contribution < 1.29 is 9.53 Å². The van der Waals surface area contributed by atoms with E-state index >= 15 is 0 Å². The van der Waals surface area contributed by atoms with Crippen LogP contribution in [0, 0.1) is 0 Å². The Hall–Kier alpha value is -2.54. The molecule has 0 saturated carbocycles. The zero-order chi connectivity index (χ0) is 15.2. The molecule has 1 aromatic heterocycles. The van der Waals surface area contributed by atoms with Gasteiger partial charge in [-0.15, -0.1) is 0 Å². The van der Waals surface area contributed by atoms with Gasteiger partial charge < -0.3 is 20.7 Å². The van der Waals surface area contributed by atoms with E-state index < -0.39 is 0 Å². The third-order valence-electron chi connectivity index (χ3n) is 2.82. The highest BCUT2D eigenvalue weighted by molar-refractivity contribution is 6.06. The van der Waals surface area contributed by atoms with E-state index in [0.29, 0.717) is 18.0 Å².